The summed E-state index contributed by atoms with van der Waals surface area (Å²) in [7, 11) is 0. The van der Waals surface area contributed by atoms with Crippen molar-refractivity contribution in [1.29, 1.82) is 0 Å². The van der Waals surface area contributed by atoms with Crippen LogP contribution in [0.5, 0.6) is 0 Å². The van der Waals surface area contributed by atoms with Crippen LogP contribution in [0.25, 0.3) is 5.57 Å². The number of thiazole rings is 1. The average Bonchev–Trinajstić information content (AvgIpc) is 3.55. The Labute approximate surface area is 243 Å². The average molecular weight is 560 g/mol. The molecule has 0 amide bonds. The highest BCUT2D eigenvalue weighted by atomic mass is 32.1. The van der Waals surface area contributed by atoms with Gasteiger partial charge < -0.3 is 14.8 Å². The molecule has 1 N–H and O–H groups in total. The van der Waals surface area contributed by atoms with Crippen LogP contribution in [-0.4, -0.2) is 28.5 Å². The van der Waals surface area contributed by atoms with Gasteiger partial charge in [-0.05, 0) is 116 Å². The van der Waals surface area contributed by atoms with Gasteiger partial charge in [-0.25, -0.2) is 9.97 Å². The summed E-state index contributed by atoms with van der Waals surface area (Å²) in [5.74, 6) is 4.63. The molecule has 2 aromatic heterocycles. The van der Waals surface area contributed by atoms with Crippen LogP contribution in [0, 0.1) is 53.3 Å². The topological polar surface area (TPSA) is 56.3 Å². The van der Waals surface area contributed by atoms with Crippen molar-refractivity contribution in [3.63, 3.8) is 0 Å². The quantitative estimate of drug-likeness (QED) is 0.402. The van der Waals surface area contributed by atoms with Crippen LogP contribution in [0.4, 0.5) is 10.9 Å². The number of hydrogen-bond donors (Lipinski definition) is 1. The van der Waals surface area contributed by atoms with Crippen molar-refractivity contribution in [2.75, 3.05) is 11.9 Å². The maximum Gasteiger partial charge on any atom is 0.189 e. The van der Waals surface area contributed by atoms with E-state index in [1.807, 2.05) is 23.6 Å². The first-order valence-electron chi connectivity index (χ1n) is 15.9. The standard InChI is InChI=1S/C34H45N3O2S/c1-19-11-15-35-28(16-19)37-31-36-26-10-13-32(4)23-9-12-33(5)25(22(23)6-7-24(32)30(26)40-31)17-27-29(33)21(3)34(39-27)14-8-20(2)18-38-34/h7,11,15-16,20-23,25,27,29H,6,8-10,12-14,17-18H2,1-5H3,(H,35,36,37)/t20-,21?,22-,23+,25+,27+,29+,32-,33+,34-/m1/s1. The third kappa shape index (κ3) is 3.57. The molecular weight excluding hydrogens is 514 g/mol. The fourth-order valence-corrected chi connectivity index (χ4v) is 11.9. The van der Waals surface area contributed by atoms with Gasteiger partial charge in [0, 0.05) is 18.5 Å². The molecule has 2 saturated heterocycles. The second-order valence-corrected chi connectivity index (χ2v) is 15.8. The number of pyridine rings is 1. The van der Waals surface area contributed by atoms with E-state index in [1.54, 1.807) is 5.57 Å². The second-order valence-electron chi connectivity index (χ2n) is 14.8. The van der Waals surface area contributed by atoms with Crippen molar-refractivity contribution >= 4 is 27.9 Å². The molecule has 4 aliphatic carbocycles. The third-order valence-electron chi connectivity index (χ3n) is 12.7. The number of nitrogens with one attached hydrogen (secondary N) is 1. The minimum absolute atomic E-state index is 0.247. The minimum atomic E-state index is -0.316. The van der Waals surface area contributed by atoms with Crippen LogP contribution in [0.1, 0.15) is 88.8 Å². The first-order valence-corrected chi connectivity index (χ1v) is 16.7. The van der Waals surface area contributed by atoms with Crippen molar-refractivity contribution in [2.24, 2.45) is 46.3 Å². The zero-order valence-electron chi connectivity index (χ0n) is 24.8. The molecule has 4 heterocycles. The van der Waals surface area contributed by atoms with Gasteiger partial charge >= 0.3 is 0 Å². The van der Waals surface area contributed by atoms with E-state index in [0.717, 1.165) is 48.2 Å². The van der Waals surface area contributed by atoms with Crippen LogP contribution in [0.3, 0.4) is 0 Å². The number of allylic oxidation sites excluding steroid dienone is 2. The molecule has 1 unspecified atom stereocenters. The van der Waals surface area contributed by atoms with E-state index in [1.165, 1.54) is 54.7 Å². The van der Waals surface area contributed by atoms with Gasteiger partial charge in [0.05, 0.1) is 23.3 Å². The maximum absolute atomic E-state index is 6.99. The van der Waals surface area contributed by atoms with Gasteiger partial charge in [-0.2, -0.15) is 0 Å². The van der Waals surface area contributed by atoms with Crippen molar-refractivity contribution in [3.8, 4) is 0 Å². The Bertz CT molecular complexity index is 1360. The summed E-state index contributed by atoms with van der Waals surface area (Å²) in [6, 6.07) is 4.13. The zero-order chi connectivity index (χ0) is 27.4. The Morgan fingerprint density at radius 3 is 2.77 bits per heavy atom. The highest BCUT2D eigenvalue weighted by Gasteiger charge is 2.68. The number of anilines is 2. The number of aryl methyl sites for hydroxylation is 2. The van der Waals surface area contributed by atoms with E-state index in [9.17, 15) is 0 Å². The van der Waals surface area contributed by atoms with Crippen LogP contribution in [0.15, 0.2) is 24.4 Å². The lowest BCUT2D eigenvalue weighted by molar-refractivity contribution is -0.272. The summed E-state index contributed by atoms with van der Waals surface area (Å²) in [6.07, 6.45) is 14.6. The Balaban J connectivity index is 1.07. The zero-order valence-corrected chi connectivity index (χ0v) is 25.7. The Kier molecular flexibility index (Phi) is 5.75. The van der Waals surface area contributed by atoms with Crippen LogP contribution in [-0.2, 0) is 15.9 Å². The summed E-state index contributed by atoms with van der Waals surface area (Å²) >= 11 is 1.84. The Morgan fingerprint density at radius 2 is 1.98 bits per heavy atom. The van der Waals surface area contributed by atoms with E-state index in [4.69, 9.17) is 14.5 Å². The van der Waals surface area contributed by atoms with E-state index in [-0.39, 0.29) is 11.2 Å². The largest absolute Gasteiger partial charge is 0.349 e. The number of hydrogen-bond acceptors (Lipinski definition) is 6. The SMILES string of the molecule is Cc1ccnc(Nc2nc3c(s2)C2=CC[C@H]4[C@@H]5C[C@@H]6O[C@]7(CC[C@@H](C)CO7)C(C)[C@@H]6[C@@]5(C)CC[C@@H]4[C@@]2(C)CC3)c1. The molecule has 214 valence electrons. The van der Waals surface area contributed by atoms with Crippen LogP contribution >= 0.6 is 11.3 Å². The van der Waals surface area contributed by atoms with Crippen molar-refractivity contribution < 1.29 is 9.47 Å². The van der Waals surface area contributed by atoms with Gasteiger partial charge in [0.2, 0.25) is 0 Å². The molecule has 10 atom stereocenters. The first-order chi connectivity index (χ1) is 19.2. The van der Waals surface area contributed by atoms with Crippen molar-refractivity contribution in [2.45, 2.75) is 97.9 Å². The molecule has 0 radical (unpaired) electrons. The summed E-state index contributed by atoms with van der Waals surface area (Å²) in [6.45, 7) is 13.0. The smallest absolute Gasteiger partial charge is 0.189 e. The fraction of sp³-hybridized carbons (Fsp3) is 0.706. The lowest BCUT2D eigenvalue weighted by atomic mass is 9.47. The number of nitrogens with zero attached hydrogens (tertiary/aromatic N) is 2. The number of rotatable bonds is 2. The van der Waals surface area contributed by atoms with Crippen molar-refractivity contribution in [3.05, 3.63) is 40.5 Å². The van der Waals surface area contributed by atoms with Crippen LogP contribution < -0.4 is 5.32 Å². The van der Waals surface area contributed by atoms with Gasteiger partial charge in [-0.15, -0.1) is 0 Å². The molecular formula is C34H45N3O2S. The van der Waals surface area contributed by atoms with E-state index < -0.39 is 0 Å². The lowest BCUT2D eigenvalue weighted by Gasteiger charge is -2.57. The molecule has 2 aliphatic heterocycles. The highest BCUT2D eigenvalue weighted by molar-refractivity contribution is 7.16. The van der Waals surface area contributed by atoms with Gasteiger partial charge in [0.25, 0.3) is 0 Å². The number of ether oxygens (including phenoxy) is 2. The fourth-order valence-electron chi connectivity index (χ4n) is 10.7. The minimum Gasteiger partial charge on any atom is -0.349 e. The van der Waals surface area contributed by atoms with E-state index in [2.05, 4.69) is 57.1 Å². The number of aromatic nitrogens is 2. The predicted octanol–water partition coefficient (Wildman–Crippen LogP) is 8.18. The molecule has 4 fully saturated rings. The first kappa shape index (κ1) is 25.9. The molecule has 40 heavy (non-hydrogen) atoms. The maximum atomic E-state index is 6.99. The predicted molar refractivity (Wildman–Crippen MR) is 160 cm³/mol. The lowest BCUT2D eigenvalue weighted by Crippen LogP contribution is -2.51. The molecule has 6 aliphatic rings. The molecule has 5 nitrogen and oxygen atoms in total. The monoisotopic (exact) mass is 559 g/mol. The normalized spacial score (nSPS) is 45.2. The molecule has 8 rings (SSSR count). The second kappa shape index (κ2) is 8.87. The Hall–Kier alpha value is -1.76. The summed E-state index contributed by atoms with van der Waals surface area (Å²) in [4.78, 5) is 11.0. The van der Waals surface area contributed by atoms with Gasteiger partial charge in [0.15, 0.2) is 10.9 Å². The molecule has 2 aromatic rings. The number of fused-ring (bicyclic) bond motifs is 9. The van der Waals surface area contributed by atoms with Gasteiger partial charge in [-0.1, -0.05) is 45.1 Å². The van der Waals surface area contributed by atoms with Crippen LogP contribution in [0.2, 0.25) is 0 Å². The Morgan fingerprint density at radius 1 is 1.10 bits per heavy atom. The summed E-state index contributed by atoms with van der Waals surface area (Å²) in [5.41, 5.74) is 4.70. The van der Waals surface area contributed by atoms with E-state index >= 15 is 0 Å². The molecule has 6 heteroatoms. The summed E-state index contributed by atoms with van der Waals surface area (Å²) in [5, 5.41) is 4.48. The van der Waals surface area contributed by atoms with Crippen molar-refractivity contribution in [1.82, 2.24) is 9.97 Å². The molecule has 2 saturated carbocycles. The van der Waals surface area contributed by atoms with E-state index in [0.29, 0.717) is 29.3 Å². The molecule has 0 bridgehead atoms. The third-order valence-corrected chi connectivity index (χ3v) is 13.8. The molecule has 1 spiro atoms. The highest BCUT2D eigenvalue weighted by Crippen LogP contribution is 2.71. The van der Waals surface area contributed by atoms with Gasteiger partial charge in [0.1, 0.15) is 5.82 Å². The molecule has 0 aromatic carbocycles. The summed E-state index contributed by atoms with van der Waals surface area (Å²) < 4.78 is 13.5. The van der Waals surface area contributed by atoms with Gasteiger partial charge in [-0.3, -0.25) is 0 Å².